The third-order valence-corrected chi connectivity index (χ3v) is 6.88. The number of aromatic nitrogens is 3. The number of fused-ring (bicyclic) bond motifs is 3. The first-order valence-electron chi connectivity index (χ1n) is 11.6. The topological polar surface area (TPSA) is 38.7 Å². The van der Waals surface area contributed by atoms with Gasteiger partial charge in [0.2, 0.25) is 0 Å². The number of nitrogens with zero attached hydrogens (tertiary/aromatic N) is 3. The summed E-state index contributed by atoms with van der Waals surface area (Å²) in [5.41, 5.74) is 4.27. The summed E-state index contributed by atoms with van der Waals surface area (Å²) in [6, 6.07) is 33.1. The quantitative estimate of drug-likeness (QED) is 0.266. The maximum atomic E-state index is 4.93. The second-order valence-corrected chi connectivity index (χ2v) is 8.82. The number of aryl methyl sites for hydroxylation is 1. The van der Waals surface area contributed by atoms with Gasteiger partial charge in [0.05, 0.1) is 0 Å². The largest absolute Gasteiger partial charge is 0.208 e. The van der Waals surface area contributed by atoms with Gasteiger partial charge in [0.15, 0.2) is 17.5 Å². The molecule has 3 nitrogen and oxygen atoms in total. The van der Waals surface area contributed by atoms with Crippen molar-refractivity contribution in [1.29, 1.82) is 0 Å². The highest BCUT2D eigenvalue weighted by molar-refractivity contribution is 7.26. The summed E-state index contributed by atoms with van der Waals surface area (Å²) in [6.07, 6.45) is 0. The van der Waals surface area contributed by atoms with E-state index in [-0.39, 0.29) is 0 Å². The summed E-state index contributed by atoms with van der Waals surface area (Å²) in [5.74, 6) is 2.07. The molecule has 166 valence electrons. The minimum absolute atomic E-state index is 0.685. The van der Waals surface area contributed by atoms with Gasteiger partial charge in [0.25, 0.3) is 0 Å². The van der Waals surface area contributed by atoms with Crippen LogP contribution in [0.15, 0.2) is 97.1 Å². The Morgan fingerprint density at radius 3 is 1.71 bits per heavy atom. The predicted octanol–water partition coefficient (Wildman–Crippen LogP) is 8.58. The van der Waals surface area contributed by atoms with E-state index in [1.165, 1.54) is 25.7 Å². The van der Waals surface area contributed by atoms with Gasteiger partial charge in [-0.1, -0.05) is 98.8 Å². The molecule has 4 aromatic carbocycles. The normalized spacial score (nSPS) is 10.8. The monoisotopic (exact) mass is 459 g/mol. The van der Waals surface area contributed by atoms with Crippen LogP contribution in [0.25, 0.3) is 54.3 Å². The van der Waals surface area contributed by atoms with Gasteiger partial charge < -0.3 is 0 Å². The third kappa shape index (κ3) is 3.97. The first kappa shape index (κ1) is 21.9. The lowest BCUT2D eigenvalue weighted by molar-refractivity contribution is 1.08. The van der Waals surface area contributed by atoms with E-state index in [1.54, 1.807) is 11.3 Å². The molecule has 0 spiro atoms. The Kier molecular flexibility index (Phi) is 6.15. The van der Waals surface area contributed by atoms with E-state index >= 15 is 0 Å². The van der Waals surface area contributed by atoms with Crippen LogP contribution in [0.1, 0.15) is 19.4 Å². The Hall–Kier alpha value is -3.89. The van der Waals surface area contributed by atoms with Crippen molar-refractivity contribution in [2.75, 3.05) is 0 Å². The van der Waals surface area contributed by atoms with Crippen molar-refractivity contribution in [3.63, 3.8) is 0 Å². The smallest absolute Gasteiger partial charge is 0.165 e. The molecular weight excluding hydrogens is 434 g/mol. The summed E-state index contributed by atoms with van der Waals surface area (Å²) in [4.78, 5) is 14.7. The molecule has 2 aromatic heterocycles. The molecule has 0 saturated heterocycles. The molecule has 4 heteroatoms. The summed E-state index contributed by atoms with van der Waals surface area (Å²) >= 11 is 1.80. The second-order valence-electron chi connectivity index (χ2n) is 7.77. The van der Waals surface area contributed by atoms with Crippen molar-refractivity contribution in [3.8, 4) is 34.2 Å². The highest BCUT2D eigenvalue weighted by Gasteiger charge is 2.17. The van der Waals surface area contributed by atoms with E-state index in [0.717, 1.165) is 16.7 Å². The van der Waals surface area contributed by atoms with Crippen molar-refractivity contribution in [3.05, 3.63) is 103 Å². The zero-order valence-corrected chi connectivity index (χ0v) is 20.3. The molecule has 0 N–H and O–H groups in total. The molecule has 0 aliphatic rings. The van der Waals surface area contributed by atoms with Crippen molar-refractivity contribution >= 4 is 31.5 Å². The van der Waals surface area contributed by atoms with Gasteiger partial charge in [-0.15, -0.1) is 11.3 Å². The van der Waals surface area contributed by atoms with E-state index in [2.05, 4.69) is 43.3 Å². The van der Waals surface area contributed by atoms with Crippen LogP contribution < -0.4 is 0 Å². The molecule has 0 aliphatic heterocycles. The molecule has 6 aromatic rings. The Morgan fingerprint density at radius 2 is 1.09 bits per heavy atom. The van der Waals surface area contributed by atoms with Crippen LogP contribution >= 0.6 is 11.3 Å². The van der Waals surface area contributed by atoms with Crippen LogP contribution in [0.2, 0.25) is 0 Å². The lowest BCUT2D eigenvalue weighted by Gasteiger charge is -2.09. The van der Waals surface area contributed by atoms with Crippen LogP contribution in [0, 0.1) is 6.92 Å². The number of hydrogen-bond donors (Lipinski definition) is 0. The average molecular weight is 460 g/mol. The van der Waals surface area contributed by atoms with Crippen LogP contribution in [-0.4, -0.2) is 15.0 Å². The van der Waals surface area contributed by atoms with Crippen molar-refractivity contribution in [1.82, 2.24) is 15.0 Å². The van der Waals surface area contributed by atoms with Crippen LogP contribution in [0.3, 0.4) is 0 Å². The fourth-order valence-corrected chi connectivity index (χ4v) is 5.39. The van der Waals surface area contributed by atoms with Gasteiger partial charge in [-0.05, 0) is 24.6 Å². The summed E-state index contributed by atoms with van der Waals surface area (Å²) in [6.45, 7) is 6.17. The number of thiophene rings is 1. The zero-order valence-electron chi connectivity index (χ0n) is 19.5. The standard InChI is InChI=1S/C28H19N3S.C2H6/c1-18-16-17-22(25-24(18)21-14-8-9-15-23(21)32-25)28-30-26(19-10-4-2-5-11-19)29-27(31-28)20-12-6-3-7-13-20;1-2/h2-17H,1H3;1-2H3. The first-order valence-corrected chi connectivity index (χ1v) is 12.4. The summed E-state index contributed by atoms with van der Waals surface area (Å²) in [5, 5.41) is 2.57. The average Bonchev–Trinajstić information content (AvgIpc) is 3.31. The molecule has 6 rings (SSSR count). The van der Waals surface area contributed by atoms with E-state index in [4.69, 9.17) is 15.0 Å². The zero-order chi connectivity index (χ0) is 23.5. The van der Waals surface area contributed by atoms with E-state index in [0.29, 0.717) is 17.5 Å². The Labute approximate surface area is 203 Å². The minimum atomic E-state index is 0.685. The number of rotatable bonds is 3. The van der Waals surface area contributed by atoms with Crippen LogP contribution in [-0.2, 0) is 0 Å². The molecule has 2 heterocycles. The molecule has 0 radical (unpaired) electrons. The van der Waals surface area contributed by atoms with E-state index in [9.17, 15) is 0 Å². The Morgan fingerprint density at radius 1 is 0.559 bits per heavy atom. The predicted molar refractivity (Wildman–Crippen MR) is 145 cm³/mol. The highest BCUT2D eigenvalue weighted by Crippen LogP contribution is 2.41. The molecule has 0 bridgehead atoms. The Bertz CT molecular complexity index is 1510. The lowest BCUT2D eigenvalue weighted by atomic mass is 10.0. The van der Waals surface area contributed by atoms with Gasteiger partial charge in [-0.2, -0.15) is 0 Å². The van der Waals surface area contributed by atoms with Gasteiger partial charge in [-0.25, -0.2) is 15.0 Å². The number of benzene rings is 4. The van der Waals surface area contributed by atoms with Gasteiger partial charge in [-0.3, -0.25) is 0 Å². The van der Waals surface area contributed by atoms with Gasteiger partial charge in [0, 0.05) is 36.9 Å². The number of hydrogen-bond acceptors (Lipinski definition) is 4. The maximum absolute atomic E-state index is 4.93. The van der Waals surface area contributed by atoms with Crippen molar-refractivity contribution in [2.24, 2.45) is 0 Å². The summed E-state index contributed by atoms with van der Waals surface area (Å²) in [7, 11) is 0. The SMILES string of the molecule is CC.Cc1ccc(-c2nc(-c3ccccc3)nc(-c3ccccc3)n2)c2sc3ccccc3c12. The van der Waals surface area contributed by atoms with Crippen molar-refractivity contribution in [2.45, 2.75) is 20.8 Å². The molecule has 0 unspecified atom stereocenters. The molecule has 34 heavy (non-hydrogen) atoms. The fraction of sp³-hybridized carbons (Fsp3) is 0.100. The van der Waals surface area contributed by atoms with Crippen molar-refractivity contribution < 1.29 is 0 Å². The fourth-order valence-electron chi connectivity index (χ4n) is 4.10. The molecule has 0 amide bonds. The Balaban J connectivity index is 0.00000117. The van der Waals surface area contributed by atoms with E-state index in [1.807, 2.05) is 74.5 Å². The van der Waals surface area contributed by atoms with Gasteiger partial charge >= 0.3 is 0 Å². The van der Waals surface area contributed by atoms with Crippen LogP contribution in [0.5, 0.6) is 0 Å². The van der Waals surface area contributed by atoms with Gasteiger partial charge in [0.1, 0.15) is 0 Å². The van der Waals surface area contributed by atoms with Crippen LogP contribution in [0.4, 0.5) is 0 Å². The molecule has 0 aliphatic carbocycles. The minimum Gasteiger partial charge on any atom is -0.208 e. The summed E-state index contributed by atoms with van der Waals surface area (Å²) < 4.78 is 2.49. The van der Waals surface area contributed by atoms with E-state index < -0.39 is 0 Å². The first-order chi connectivity index (χ1) is 16.8. The highest BCUT2D eigenvalue weighted by atomic mass is 32.1. The lowest BCUT2D eigenvalue weighted by Crippen LogP contribution is -2.00. The second kappa shape index (κ2) is 9.54. The molecule has 0 fully saturated rings. The molecule has 0 saturated carbocycles. The maximum Gasteiger partial charge on any atom is 0.165 e. The third-order valence-electron chi connectivity index (χ3n) is 5.67. The molecule has 0 atom stereocenters. The molecular formula is C30H25N3S.